The van der Waals surface area contributed by atoms with Crippen molar-refractivity contribution in [2.24, 2.45) is 4.99 Å². The first kappa shape index (κ1) is 28.1. The third-order valence-corrected chi connectivity index (χ3v) is 8.09. The summed E-state index contributed by atoms with van der Waals surface area (Å²) in [6.45, 7) is 4.97. The molecule has 4 aromatic rings. The van der Waals surface area contributed by atoms with E-state index in [0.717, 1.165) is 32.3 Å². The first-order valence-electron chi connectivity index (χ1n) is 12.7. The van der Waals surface area contributed by atoms with Gasteiger partial charge in [-0.3, -0.25) is 0 Å². The number of ether oxygens (including phenoxy) is 2. The van der Waals surface area contributed by atoms with Crippen LogP contribution in [0.1, 0.15) is 25.0 Å². The van der Waals surface area contributed by atoms with E-state index in [1.165, 1.54) is 11.8 Å². The molecule has 204 valence electrons. The molecule has 1 aliphatic rings. The molecule has 0 saturated carbocycles. The number of halogens is 2. The summed E-state index contributed by atoms with van der Waals surface area (Å²) >= 11 is 11.3. The predicted octanol–water partition coefficient (Wildman–Crippen LogP) is 8.70. The van der Waals surface area contributed by atoms with Gasteiger partial charge < -0.3 is 19.1 Å². The van der Waals surface area contributed by atoms with E-state index < -0.39 is 5.97 Å². The summed E-state index contributed by atoms with van der Waals surface area (Å²) in [7, 11) is 0. The Hall–Kier alpha value is -3.46. The number of nitrogens with zero attached hydrogens (tertiary/aromatic N) is 2. The first-order valence-corrected chi connectivity index (χ1v) is 14.7. The molecule has 0 amide bonds. The number of hydrogen-bond donors (Lipinski definition) is 1. The summed E-state index contributed by atoms with van der Waals surface area (Å²) < 4.78 is 13.8. The lowest BCUT2D eigenvalue weighted by Gasteiger charge is -2.07. The first-order chi connectivity index (χ1) is 19.4. The number of hydrogen-bond acceptors (Lipinski definition) is 6. The number of carbonyl (C=O) groups is 1. The van der Waals surface area contributed by atoms with Crippen LogP contribution in [0.4, 0.5) is 5.69 Å². The minimum Gasteiger partial charge on any atom is -0.506 e. The smallest absolute Gasteiger partial charge is 0.344 e. The fourth-order valence-electron chi connectivity index (χ4n) is 4.39. The molecule has 2 heterocycles. The van der Waals surface area contributed by atoms with Gasteiger partial charge in [-0.05, 0) is 74.0 Å². The van der Waals surface area contributed by atoms with Crippen LogP contribution in [0.2, 0.25) is 5.02 Å². The molecular weight excluding hydrogens is 612 g/mol. The standard InChI is InChI=1S/C31H26BrClN2O4S/c1-3-38-23-12-10-22(11-13-23)34-30-28(31(37)39-4-2)29(36)27(40-30)15-20-18-35(17-19-7-5-6-8-25(19)33)26-14-9-21(32)16-24(20)26/h5-16,18,36H,3-4,17H2,1-2H3/b27-15-,34-30?. The molecule has 0 bridgehead atoms. The molecule has 0 fully saturated rings. The summed E-state index contributed by atoms with van der Waals surface area (Å²) in [6.07, 6.45) is 3.89. The minimum absolute atomic E-state index is 0.0490. The maximum absolute atomic E-state index is 12.9. The van der Waals surface area contributed by atoms with Crippen molar-refractivity contribution in [2.45, 2.75) is 20.4 Å². The van der Waals surface area contributed by atoms with E-state index in [1.807, 2.05) is 73.8 Å². The SMILES string of the molecule is CCOC(=O)C1=C(O)/C(=C/c2cn(Cc3ccccc3Cl)c3ccc(Br)cc23)SC1=Nc1ccc(OCC)cc1. The van der Waals surface area contributed by atoms with Gasteiger partial charge in [0.25, 0.3) is 0 Å². The van der Waals surface area contributed by atoms with Gasteiger partial charge in [-0.2, -0.15) is 0 Å². The zero-order chi connectivity index (χ0) is 28.2. The molecular formula is C31H26BrClN2O4S. The topological polar surface area (TPSA) is 73.0 Å². The van der Waals surface area contributed by atoms with E-state index in [2.05, 4.69) is 25.5 Å². The summed E-state index contributed by atoms with van der Waals surface area (Å²) in [5.74, 6) is -0.0472. The van der Waals surface area contributed by atoms with E-state index in [0.29, 0.717) is 33.8 Å². The number of rotatable bonds is 8. The van der Waals surface area contributed by atoms with Crippen molar-refractivity contribution in [2.75, 3.05) is 13.2 Å². The van der Waals surface area contributed by atoms with Crippen molar-refractivity contribution >= 4 is 73.0 Å². The van der Waals surface area contributed by atoms with Crippen LogP contribution in [0, 0.1) is 0 Å². The number of fused-ring (bicyclic) bond motifs is 1. The molecule has 0 saturated heterocycles. The monoisotopic (exact) mass is 636 g/mol. The van der Waals surface area contributed by atoms with Crippen molar-refractivity contribution in [3.05, 3.63) is 110 Å². The molecule has 0 spiro atoms. The van der Waals surface area contributed by atoms with Crippen molar-refractivity contribution in [3.63, 3.8) is 0 Å². The average Bonchev–Trinajstić information content (AvgIpc) is 3.42. The van der Waals surface area contributed by atoms with Crippen molar-refractivity contribution in [3.8, 4) is 5.75 Å². The summed E-state index contributed by atoms with van der Waals surface area (Å²) in [6, 6.07) is 21.1. The summed E-state index contributed by atoms with van der Waals surface area (Å²) in [5, 5.41) is 13.3. The van der Waals surface area contributed by atoms with Crippen LogP contribution in [0.5, 0.6) is 5.75 Å². The summed E-state index contributed by atoms with van der Waals surface area (Å²) in [5.41, 5.74) is 3.56. The Bertz CT molecular complexity index is 1670. The zero-order valence-corrected chi connectivity index (χ0v) is 25.0. The third kappa shape index (κ3) is 5.99. The normalized spacial score (nSPS) is 15.4. The number of aromatic nitrogens is 1. The lowest BCUT2D eigenvalue weighted by molar-refractivity contribution is -0.138. The van der Waals surface area contributed by atoms with Gasteiger partial charge in [0, 0.05) is 38.7 Å². The zero-order valence-electron chi connectivity index (χ0n) is 21.9. The number of carbonyl (C=O) groups excluding carboxylic acids is 1. The number of aliphatic hydroxyl groups is 1. The Labute approximate surface area is 250 Å². The highest BCUT2D eigenvalue weighted by Gasteiger charge is 2.33. The van der Waals surface area contributed by atoms with Gasteiger partial charge in [0.15, 0.2) is 0 Å². The number of aliphatic imine (C=N–C) groups is 1. The molecule has 6 nitrogen and oxygen atoms in total. The van der Waals surface area contributed by atoms with E-state index in [4.69, 9.17) is 21.1 Å². The molecule has 1 aromatic heterocycles. The van der Waals surface area contributed by atoms with Crippen LogP contribution in [0.3, 0.4) is 0 Å². The molecule has 0 atom stereocenters. The van der Waals surface area contributed by atoms with Gasteiger partial charge in [0.2, 0.25) is 0 Å². The highest BCUT2D eigenvalue weighted by atomic mass is 79.9. The molecule has 40 heavy (non-hydrogen) atoms. The van der Waals surface area contributed by atoms with E-state index in [9.17, 15) is 9.90 Å². The van der Waals surface area contributed by atoms with Gasteiger partial charge in [0.1, 0.15) is 22.1 Å². The van der Waals surface area contributed by atoms with Crippen LogP contribution in [-0.4, -0.2) is 33.9 Å². The highest BCUT2D eigenvalue weighted by Crippen LogP contribution is 2.41. The average molecular weight is 638 g/mol. The van der Waals surface area contributed by atoms with Gasteiger partial charge >= 0.3 is 5.97 Å². The largest absolute Gasteiger partial charge is 0.506 e. The third-order valence-electron chi connectivity index (χ3n) is 6.21. The lowest BCUT2D eigenvalue weighted by Crippen LogP contribution is -2.12. The minimum atomic E-state index is -0.621. The number of benzene rings is 3. The van der Waals surface area contributed by atoms with Gasteiger partial charge in [-0.15, -0.1) is 0 Å². The maximum Gasteiger partial charge on any atom is 0.344 e. The molecule has 1 N–H and O–H groups in total. The molecule has 0 radical (unpaired) electrons. The molecule has 5 rings (SSSR count). The Morgan fingerprint density at radius 1 is 1.10 bits per heavy atom. The van der Waals surface area contributed by atoms with E-state index in [1.54, 1.807) is 19.1 Å². The highest BCUT2D eigenvalue weighted by molar-refractivity contribution is 9.10. The van der Waals surface area contributed by atoms with Gasteiger partial charge in [0.05, 0.1) is 23.8 Å². The quantitative estimate of drug-likeness (QED) is 0.196. The Morgan fingerprint density at radius 2 is 1.88 bits per heavy atom. The molecule has 0 unspecified atom stereocenters. The molecule has 9 heteroatoms. The van der Waals surface area contributed by atoms with E-state index >= 15 is 0 Å². The van der Waals surface area contributed by atoms with Crippen molar-refractivity contribution < 1.29 is 19.4 Å². The maximum atomic E-state index is 12.9. The van der Waals surface area contributed by atoms with Gasteiger partial charge in [-0.25, -0.2) is 9.79 Å². The second-order valence-electron chi connectivity index (χ2n) is 8.86. The Kier molecular flexibility index (Phi) is 8.69. The lowest BCUT2D eigenvalue weighted by atomic mass is 10.1. The molecule has 3 aromatic carbocycles. The van der Waals surface area contributed by atoms with Crippen LogP contribution >= 0.6 is 39.3 Å². The number of thioether (sulfide) groups is 1. The van der Waals surface area contributed by atoms with Gasteiger partial charge in [-0.1, -0.05) is 57.5 Å². The van der Waals surface area contributed by atoms with E-state index in [-0.39, 0.29) is 17.9 Å². The van der Waals surface area contributed by atoms with Crippen molar-refractivity contribution in [1.82, 2.24) is 4.57 Å². The second-order valence-corrected chi connectivity index (χ2v) is 11.2. The summed E-state index contributed by atoms with van der Waals surface area (Å²) in [4.78, 5) is 18.1. The van der Waals surface area contributed by atoms with Crippen molar-refractivity contribution in [1.29, 1.82) is 0 Å². The Balaban J connectivity index is 1.57. The Morgan fingerprint density at radius 3 is 2.60 bits per heavy atom. The van der Waals surface area contributed by atoms with Crippen LogP contribution in [0.25, 0.3) is 17.0 Å². The van der Waals surface area contributed by atoms with Crippen LogP contribution < -0.4 is 4.74 Å². The number of aliphatic hydroxyl groups excluding tert-OH is 1. The van der Waals surface area contributed by atoms with Crippen LogP contribution in [-0.2, 0) is 16.1 Å². The molecule has 1 aliphatic heterocycles. The second kappa shape index (κ2) is 12.4. The predicted molar refractivity (Wildman–Crippen MR) is 167 cm³/mol. The number of esters is 1. The fourth-order valence-corrected chi connectivity index (χ4v) is 5.97. The molecule has 0 aliphatic carbocycles. The van der Waals surface area contributed by atoms with Crippen LogP contribution in [0.15, 0.2) is 98.6 Å². The fraction of sp³-hybridized carbons (Fsp3) is 0.161.